The van der Waals surface area contributed by atoms with Gasteiger partial charge in [0.25, 0.3) is 5.91 Å². The van der Waals surface area contributed by atoms with Gasteiger partial charge in [-0.1, -0.05) is 30.3 Å². The van der Waals surface area contributed by atoms with Crippen molar-refractivity contribution in [1.82, 2.24) is 19.5 Å². The largest absolute Gasteiger partial charge is 0.354 e. The highest BCUT2D eigenvalue weighted by atomic mass is 32.2. The van der Waals surface area contributed by atoms with Crippen LogP contribution in [-0.4, -0.2) is 66.9 Å². The van der Waals surface area contributed by atoms with Crippen molar-refractivity contribution < 1.29 is 18.0 Å². The highest BCUT2D eigenvalue weighted by Crippen LogP contribution is 2.27. The maximum absolute atomic E-state index is 13.1. The van der Waals surface area contributed by atoms with E-state index in [1.807, 2.05) is 37.3 Å². The molecule has 1 saturated heterocycles. The van der Waals surface area contributed by atoms with Crippen LogP contribution in [0.5, 0.6) is 0 Å². The molecule has 1 fully saturated rings. The fourth-order valence-electron chi connectivity index (χ4n) is 3.80. The van der Waals surface area contributed by atoms with Gasteiger partial charge in [0, 0.05) is 32.6 Å². The Kier molecular flexibility index (Phi) is 7.45. The van der Waals surface area contributed by atoms with Crippen molar-refractivity contribution in [2.75, 3.05) is 32.4 Å². The third-order valence-corrected chi connectivity index (χ3v) is 7.58. The van der Waals surface area contributed by atoms with Gasteiger partial charge in [-0.2, -0.15) is 4.31 Å². The number of amides is 2. The monoisotopic (exact) mass is 464 g/mol. The first kappa shape index (κ1) is 23.4. The molecule has 2 aromatic rings. The number of sulfonamides is 1. The molecule has 31 heavy (non-hydrogen) atoms. The van der Waals surface area contributed by atoms with E-state index in [4.69, 9.17) is 0 Å². The van der Waals surface area contributed by atoms with Gasteiger partial charge in [-0.25, -0.2) is 13.4 Å². The van der Waals surface area contributed by atoms with Crippen LogP contribution in [0.25, 0.3) is 0 Å². The van der Waals surface area contributed by atoms with Crippen molar-refractivity contribution in [2.24, 2.45) is 0 Å². The minimum Gasteiger partial charge on any atom is -0.354 e. The lowest BCUT2D eigenvalue weighted by atomic mass is 10.0. The van der Waals surface area contributed by atoms with E-state index in [9.17, 15) is 18.0 Å². The lowest BCUT2D eigenvalue weighted by molar-refractivity contribution is -0.122. The summed E-state index contributed by atoms with van der Waals surface area (Å²) in [7, 11) is -3.58. The van der Waals surface area contributed by atoms with Crippen LogP contribution in [-0.2, 0) is 14.8 Å². The van der Waals surface area contributed by atoms with Gasteiger partial charge < -0.3 is 10.2 Å². The molecule has 1 aromatic heterocycles. The quantitative estimate of drug-likeness (QED) is 0.750. The number of aryl methyl sites for hydroxylation is 2. The molecule has 2 amide bonds. The predicted molar refractivity (Wildman–Crippen MR) is 120 cm³/mol. The molecule has 0 spiro atoms. The fraction of sp³-hybridized carbons (Fsp3) is 0.476. The Bertz CT molecular complexity index is 1040. The van der Waals surface area contributed by atoms with E-state index in [1.165, 1.54) is 15.6 Å². The summed E-state index contributed by atoms with van der Waals surface area (Å²) >= 11 is 1.35. The van der Waals surface area contributed by atoms with Crippen molar-refractivity contribution in [3.8, 4) is 0 Å². The van der Waals surface area contributed by atoms with Crippen molar-refractivity contribution in [3.05, 3.63) is 51.5 Å². The van der Waals surface area contributed by atoms with Crippen molar-refractivity contribution in [1.29, 1.82) is 0 Å². The Labute approximate surface area is 187 Å². The van der Waals surface area contributed by atoms with Crippen LogP contribution < -0.4 is 5.32 Å². The maximum atomic E-state index is 13.1. The van der Waals surface area contributed by atoms with Gasteiger partial charge >= 0.3 is 0 Å². The summed E-state index contributed by atoms with van der Waals surface area (Å²) in [5.74, 6) is -0.385. The van der Waals surface area contributed by atoms with Gasteiger partial charge in [-0.3, -0.25) is 9.59 Å². The third kappa shape index (κ3) is 5.90. The summed E-state index contributed by atoms with van der Waals surface area (Å²) in [4.78, 5) is 32.3. The van der Waals surface area contributed by atoms with Crippen LogP contribution in [0, 0.1) is 13.8 Å². The van der Waals surface area contributed by atoms with E-state index >= 15 is 0 Å². The summed E-state index contributed by atoms with van der Waals surface area (Å²) in [5, 5.41) is 3.66. The van der Waals surface area contributed by atoms with Crippen molar-refractivity contribution in [3.63, 3.8) is 0 Å². The number of carbonyl (C=O) groups excluding carboxylic acids is 2. The highest BCUT2D eigenvalue weighted by molar-refractivity contribution is 7.88. The summed E-state index contributed by atoms with van der Waals surface area (Å²) in [6, 6.07) is 8.59. The van der Waals surface area contributed by atoms with Crippen LogP contribution in [0.1, 0.15) is 44.8 Å². The second-order valence-electron chi connectivity index (χ2n) is 7.65. The number of nitrogens with zero attached hydrogens (tertiary/aromatic N) is 3. The molecule has 3 rings (SSSR count). The highest BCUT2D eigenvalue weighted by Gasteiger charge is 2.31. The second kappa shape index (κ2) is 9.88. The zero-order valence-electron chi connectivity index (χ0n) is 18.0. The smallest absolute Gasteiger partial charge is 0.265 e. The SMILES string of the molecule is Cc1nc(C)c(C(=O)N2CCCN(S(C)(=O)=O)C(c3ccccc3)CC(=O)NCC2)s1. The van der Waals surface area contributed by atoms with Crippen LogP contribution in [0.4, 0.5) is 0 Å². The lowest BCUT2D eigenvalue weighted by Gasteiger charge is -2.30. The second-order valence-corrected chi connectivity index (χ2v) is 10.8. The minimum atomic E-state index is -3.58. The maximum Gasteiger partial charge on any atom is 0.265 e. The van der Waals surface area contributed by atoms with E-state index in [2.05, 4.69) is 10.3 Å². The van der Waals surface area contributed by atoms with E-state index in [0.29, 0.717) is 36.6 Å². The molecular formula is C21H28N4O4S2. The lowest BCUT2D eigenvalue weighted by Crippen LogP contribution is -2.39. The van der Waals surface area contributed by atoms with E-state index in [-0.39, 0.29) is 24.8 Å². The summed E-state index contributed by atoms with van der Waals surface area (Å²) < 4.78 is 26.6. The number of nitrogens with one attached hydrogen (secondary N) is 1. The average Bonchev–Trinajstić information content (AvgIpc) is 3.03. The molecule has 0 radical (unpaired) electrons. The number of hydrogen-bond acceptors (Lipinski definition) is 6. The Morgan fingerprint density at radius 3 is 2.48 bits per heavy atom. The minimum absolute atomic E-state index is 0.0260. The van der Waals surface area contributed by atoms with Crippen LogP contribution >= 0.6 is 11.3 Å². The summed E-state index contributed by atoms with van der Waals surface area (Å²) in [6.45, 7) is 4.93. The van der Waals surface area contributed by atoms with Gasteiger partial charge in [0.1, 0.15) is 4.88 Å². The number of thiazole rings is 1. The molecule has 1 aromatic carbocycles. The van der Waals surface area contributed by atoms with Gasteiger partial charge in [0.05, 0.1) is 23.0 Å². The molecule has 1 unspecified atom stereocenters. The summed E-state index contributed by atoms with van der Waals surface area (Å²) in [6.07, 6.45) is 1.65. The zero-order chi connectivity index (χ0) is 22.6. The molecule has 0 aliphatic carbocycles. The predicted octanol–water partition coefficient (Wildman–Crippen LogP) is 2.12. The van der Waals surface area contributed by atoms with E-state index < -0.39 is 16.1 Å². The first-order valence-electron chi connectivity index (χ1n) is 10.2. The molecule has 10 heteroatoms. The number of aromatic nitrogens is 1. The van der Waals surface area contributed by atoms with Gasteiger partial charge in [-0.15, -0.1) is 11.3 Å². The Morgan fingerprint density at radius 2 is 1.87 bits per heavy atom. The molecule has 1 aliphatic heterocycles. The first-order chi connectivity index (χ1) is 14.7. The number of benzene rings is 1. The molecule has 8 nitrogen and oxygen atoms in total. The van der Waals surface area contributed by atoms with E-state index in [0.717, 1.165) is 16.8 Å². The molecule has 1 N–H and O–H groups in total. The number of rotatable bonds is 3. The van der Waals surface area contributed by atoms with Gasteiger partial charge in [0.2, 0.25) is 15.9 Å². The Hall–Kier alpha value is -2.30. The number of carbonyl (C=O) groups is 2. The van der Waals surface area contributed by atoms with Crippen LogP contribution in [0.2, 0.25) is 0 Å². The van der Waals surface area contributed by atoms with Crippen LogP contribution in [0.3, 0.4) is 0 Å². The summed E-state index contributed by atoms with van der Waals surface area (Å²) in [5.41, 5.74) is 1.46. The average molecular weight is 465 g/mol. The van der Waals surface area contributed by atoms with Gasteiger partial charge in [-0.05, 0) is 25.8 Å². The third-order valence-electron chi connectivity index (χ3n) is 5.23. The standard InChI is InChI=1S/C21H28N4O4S2/c1-15-20(30-16(2)23-15)21(27)24-11-7-12-25(31(3,28)29)18(14-19(26)22-10-13-24)17-8-5-4-6-9-17/h4-6,8-9,18H,7,10-14H2,1-3H3,(H,22,26). The Balaban J connectivity index is 1.87. The Morgan fingerprint density at radius 1 is 1.16 bits per heavy atom. The molecule has 0 bridgehead atoms. The molecule has 0 saturated carbocycles. The molecule has 1 aliphatic rings. The van der Waals surface area contributed by atoms with Crippen molar-refractivity contribution >= 4 is 33.2 Å². The molecule has 2 heterocycles. The normalized spacial score (nSPS) is 19.5. The molecule has 168 valence electrons. The fourth-order valence-corrected chi connectivity index (χ4v) is 5.80. The number of hydrogen-bond donors (Lipinski definition) is 1. The molecule has 1 atom stereocenters. The zero-order valence-corrected chi connectivity index (χ0v) is 19.6. The van der Waals surface area contributed by atoms with E-state index in [1.54, 1.807) is 11.8 Å². The van der Waals surface area contributed by atoms with Crippen LogP contribution in [0.15, 0.2) is 30.3 Å². The van der Waals surface area contributed by atoms with Gasteiger partial charge in [0.15, 0.2) is 0 Å². The molecular weight excluding hydrogens is 436 g/mol. The van der Waals surface area contributed by atoms with Crippen molar-refractivity contribution in [2.45, 2.75) is 32.7 Å². The topological polar surface area (TPSA) is 99.7 Å². The first-order valence-corrected chi connectivity index (χ1v) is 12.8.